The molecule has 3 aromatic rings. The molecular formula is C24H23F2N3O2. The highest BCUT2D eigenvalue weighted by Crippen LogP contribution is 2.40. The molecule has 0 atom stereocenters. The van der Waals surface area contributed by atoms with Crippen LogP contribution in [0.4, 0.5) is 25.8 Å². The summed E-state index contributed by atoms with van der Waals surface area (Å²) in [4.78, 5) is 21.2. The quantitative estimate of drug-likeness (QED) is 0.552. The summed E-state index contributed by atoms with van der Waals surface area (Å²) in [6.45, 7) is 5.92. The number of halogens is 2. The highest BCUT2D eigenvalue weighted by molar-refractivity contribution is 6.12. The summed E-state index contributed by atoms with van der Waals surface area (Å²) in [5.41, 5.74) is 3.58. The van der Waals surface area contributed by atoms with Gasteiger partial charge in [0.2, 0.25) is 5.88 Å². The number of pyridine rings is 1. The number of anilines is 3. The summed E-state index contributed by atoms with van der Waals surface area (Å²) in [6.07, 6.45) is 0. The Morgan fingerprint density at radius 2 is 1.58 bits per heavy atom. The molecule has 0 radical (unpaired) electrons. The van der Waals surface area contributed by atoms with Crippen LogP contribution in [0.2, 0.25) is 0 Å². The van der Waals surface area contributed by atoms with Gasteiger partial charge in [-0.2, -0.15) is 0 Å². The minimum absolute atomic E-state index is 0.0464. The van der Waals surface area contributed by atoms with E-state index >= 15 is 0 Å². The maximum Gasteiger partial charge on any atom is 0.262 e. The van der Waals surface area contributed by atoms with Gasteiger partial charge in [-0.15, -0.1) is 0 Å². The first-order chi connectivity index (χ1) is 14.8. The summed E-state index contributed by atoms with van der Waals surface area (Å²) in [6, 6.07) is 12.2. The largest absolute Gasteiger partial charge is 0.481 e. The number of carbonyl (C=O) groups is 1. The first-order valence-corrected chi connectivity index (χ1v) is 10.00. The van der Waals surface area contributed by atoms with E-state index in [1.54, 1.807) is 36.1 Å². The molecule has 0 fully saturated rings. The number of fused-ring (bicyclic) bond motifs is 1. The molecule has 0 unspecified atom stereocenters. The fourth-order valence-corrected chi connectivity index (χ4v) is 3.90. The van der Waals surface area contributed by atoms with E-state index in [9.17, 15) is 13.6 Å². The third kappa shape index (κ3) is 3.71. The van der Waals surface area contributed by atoms with Gasteiger partial charge in [0, 0.05) is 11.8 Å². The summed E-state index contributed by atoms with van der Waals surface area (Å²) in [5.74, 6) is -0.665. The van der Waals surface area contributed by atoms with Crippen molar-refractivity contribution in [2.75, 3.05) is 23.6 Å². The van der Waals surface area contributed by atoms with Crippen LogP contribution >= 0.6 is 0 Å². The Kier molecular flexibility index (Phi) is 5.35. The smallest absolute Gasteiger partial charge is 0.262 e. The lowest BCUT2D eigenvalue weighted by Crippen LogP contribution is -2.45. The molecule has 5 nitrogen and oxygen atoms in total. The Labute approximate surface area is 179 Å². The van der Waals surface area contributed by atoms with Crippen LogP contribution in [0.5, 0.6) is 5.88 Å². The van der Waals surface area contributed by atoms with Gasteiger partial charge in [-0.1, -0.05) is 13.8 Å². The van der Waals surface area contributed by atoms with Crippen LogP contribution < -0.4 is 14.5 Å². The zero-order valence-electron chi connectivity index (χ0n) is 17.8. The molecule has 0 spiro atoms. The highest BCUT2D eigenvalue weighted by atomic mass is 19.1. The number of hydrogen-bond donors (Lipinski definition) is 0. The fourth-order valence-electron chi connectivity index (χ4n) is 3.90. The first kappa shape index (κ1) is 20.8. The minimum atomic E-state index is -0.498. The van der Waals surface area contributed by atoms with Crippen molar-refractivity contribution in [1.29, 1.82) is 0 Å². The molecule has 160 valence electrons. The molecule has 0 aliphatic carbocycles. The van der Waals surface area contributed by atoms with Gasteiger partial charge in [0.15, 0.2) is 0 Å². The Balaban J connectivity index is 1.89. The van der Waals surface area contributed by atoms with Gasteiger partial charge in [0.05, 0.1) is 29.7 Å². The molecule has 0 saturated heterocycles. The summed E-state index contributed by atoms with van der Waals surface area (Å²) < 4.78 is 33.3. The number of rotatable bonds is 4. The van der Waals surface area contributed by atoms with E-state index < -0.39 is 5.82 Å². The molecular weight excluding hydrogens is 400 g/mol. The van der Waals surface area contributed by atoms with Crippen molar-refractivity contribution in [1.82, 2.24) is 4.98 Å². The zero-order chi connectivity index (χ0) is 22.3. The number of aromatic nitrogens is 1. The lowest BCUT2D eigenvalue weighted by atomic mass is 9.98. The van der Waals surface area contributed by atoms with E-state index in [1.807, 2.05) is 18.7 Å². The monoisotopic (exact) mass is 423 g/mol. The van der Waals surface area contributed by atoms with Crippen LogP contribution in [0.3, 0.4) is 0 Å². The summed E-state index contributed by atoms with van der Waals surface area (Å²) >= 11 is 0. The van der Waals surface area contributed by atoms with Crippen LogP contribution in [0.25, 0.3) is 0 Å². The molecule has 4 rings (SSSR count). The number of aryl methyl sites for hydroxylation is 1. The van der Waals surface area contributed by atoms with Gasteiger partial charge in [-0.05, 0) is 60.9 Å². The molecule has 31 heavy (non-hydrogen) atoms. The predicted molar refractivity (Wildman–Crippen MR) is 116 cm³/mol. The van der Waals surface area contributed by atoms with E-state index in [4.69, 9.17) is 4.74 Å². The molecule has 1 aliphatic rings. The lowest BCUT2D eigenvalue weighted by Gasteiger charge is -2.39. The van der Waals surface area contributed by atoms with Gasteiger partial charge >= 0.3 is 0 Å². The van der Waals surface area contributed by atoms with Crippen molar-refractivity contribution in [3.63, 3.8) is 0 Å². The maximum atomic E-state index is 14.1. The standard InChI is InChI=1S/C24H23F2N3O2/c1-14(2)18-11-16(25)5-7-21(18)28-13-29(20-9-10-23(31-4)27-15(20)3)24(30)19-12-17(26)6-8-22(19)28/h5-12,14H,13H2,1-4H3. The van der Waals surface area contributed by atoms with Crippen LogP contribution in [0.1, 0.15) is 41.4 Å². The Morgan fingerprint density at radius 1 is 0.935 bits per heavy atom. The van der Waals surface area contributed by atoms with Crippen LogP contribution in [-0.2, 0) is 0 Å². The number of nitrogens with zero attached hydrogens (tertiary/aromatic N) is 3. The Hall–Kier alpha value is -3.48. The molecule has 0 bridgehead atoms. The Bertz CT molecular complexity index is 1160. The maximum absolute atomic E-state index is 14.1. The number of amides is 1. The molecule has 2 heterocycles. The number of hydrogen-bond acceptors (Lipinski definition) is 4. The minimum Gasteiger partial charge on any atom is -0.481 e. The van der Waals surface area contributed by atoms with Gasteiger partial charge in [0.25, 0.3) is 5.91 Å². The molecule has 7 heteroatoms. The van der Waals surface area contributed by atoms with E-state index in [1.165, 1.54) is 31.4 Å². The van der Waals surface area contributed by atoms with Crippen molar-refractivity contribution in [2.24, 2.45) is 0 Å². The molecule has 1 aliphatic heterocycles. The average Bonchev–Trinajstić information content (AvgIpc) is 2.74. The van der Waals surface area contributed by atoms with Crippen molar-refractivity contribution in [3.05, 3.63) is 77.0 Å². The average molecular weight is 423 g/mol. The van der Waals surface area contributed by atoms with E-state index in [-0.39, 0.29) is 29.9 Å². The SMILES string of the molecule is COc1ccc(N2CN(c3ccc(F)cc3C(C)C)c3ccc(F)cc3C2=O)c(C)n1. The second-order valence-corrected chi connectivity index (χ2v) is 7.78. The van der Waals surface area contributed by atoms with Gasteiger partial charge in [-0.3, -0.25) is 9.69 Å². The lowest BCUT2D eigenvalue weighted by molar-refractivity contribution is 0.0982. The van der Waals surface area contributed by atoms with Crippen LogP contribution in [0.15, 0.2) is 48.5 Å². The molecule has 1 aromatic heterocycles. The number of methoxy groups -OCH3 is 1. The van der Waals surface area contributed by atoms with E-state index in [0.717, 1.165) is 11.3 Å². The first-order valence-electron chi connectivity index (χ1n) is 10.00. The third-order valence-corrected chi connectivity index (χ3v) is 5.44. The number of benzene rings is 2. The highest BCUT2D eigenvalue weighted by Gasteiger charge is 2.33. The molecule has 0 N–H and O–H groups in total. The fraction of sp³-hybridized carbons (Fsp3) is 0.250. The third-order valence-electron chi connectivity index (χ3n) is 5.44. The van der Waals surface area contributed by atoms with Gasteiger partial charge in [0.1, 0.15) is 18.3 Å². The molecule has 1 amide bonds. The number of ether oxygens (including phenoxy) is 1. The van der Waals surface area contributed by atoms with E-state index in [0.29, 0.717) is 22.9 Å². The van der Waals surface area contributed by atoms with Crippen molar-refractivity contribution < 1.29 is 18.3 Å². The van der Waals surface area contributed by atoms with Crippen molar-refractivity contribution >= 4 is 23.0 Å². The second-order valence-electron chi connectivity index (χ2n) is 7.78. The summed E-state index contributed by atoms with van der Waals surface area (Å²) in [5, 5.41) is 0. The predicted octanol–water partition coefficient (Wildman–Crippen LogP) is 5.56. The van der Waals surface area contributed by atoms with Crippen LogP contribution in [0, 0.1) is 18.6 Å². The molecule has 2 aromatic carbocycles. The normalized spacial score (nSPS) is 13.6. The summed E-state index contributed by atoms with van der Waals surface area (Å²) in [7, 11) is 1.52. The van der Waals surface area contributed by atoms with E-state index in [2.05, 4.69) is 4.98 Å². The van der Waals surface area contributed by atoms with Gasteiger partial charge < -0.3 is 9.64 Å². The van der Waals surface area contributed by atoms with Crippen molar-refractivity contribution in [3.8, 4) is 5.88 Å². The topological polar surface area (TPSA) is 45.7 Å². The number of carbonyl (C=O) groups excluding carboxylic acids is 1. The zero-order valence-corrected chi connectivity index (χ0v) is 17.8. The van der Waals surface area contributed by atoms with Gasteiger partial charge in [-0.25, -0.2) is 13.8 Å². The van der Waals surface area contributed by atoms with Crippen LogP contribution in [-0.4, -0.2) is 24.7 Å². The Morgan fingerprint density at radius 3 is 2.23 bits per heavy atom. The second kappa shape index (κ2) is 7.98. The molecule has 0 saturated carbocycles. The van der Waals surface area contributed by atoms with Crippen molar-refractivity contribution in [2.45, 2.75) is 26.7 Å².